The van der Waals surface area contributed by atoms with Crippen molar-refractivity contribution in [1.29, 1.82) is 0 Å². The van der Waals surface area contributed by atoms with Crippen LogP contribution in [0.1, 0.15) is 5.56 Å². The van der Waals surface area contributed by atoms with Gasteiger partial charge in [0.05, 0.1) is 5.56 Å². The summed E-state index contributed by atoms with van der Waals surface area (Å²) in [6.45, 7) is 0. The van der Waals surface area contributed by atoms with E-state index in [-0.39, 0.29) is 0 Å². The van der Waals surface area contributed by atoms with Crippen molar-refractivity contribution in [3.63, 3.8) is 0 Å². The van der Waals surface area contributed by atoms with Crippen molar-refractivity contribution in [2.24, 2.45) is 0 Å². The van der Waals surface area contributed by atoms with Crippen LogP contribution < -0.4 is 5.46 Å². The summed E-state index contributed by atoms with van der Waals surface area (Å²) in [5, 5.41) is 9.02. The van der Waals surface area contributed by atoms with E-state index in [1.54, 1.807) is 0 Å². The largest absolute Gasteiger partial charge is 0.508 e. The molecule has 0 saturated heterocycles. The Morgan fingerprint density at radius 2 is 1.86 bits per heavy atom. The molecule has 0 aliphatic rings. The molecule has 1 aromatic rings. The lowest BCUT2D eigenvalue weighted by atomic mass is 9.77. The Hall–Kier alpha value is -0.715. The molecule has 1 N–H and O–H groups in total. The molecule has 14 heavy (non-hydrogen) atoms. The quantitative estimate of drug-likeness (QED) is 0.773. The van der Waals surface area contributed by atoms with Gasteiger partial charge in [0, 0.05) is 11.9 Å². The Kier molecular flexibility index (Phi) is 3.41. The molecule has 76 valence electrons. The lowest BCUT2D eigenvalue weighted by Crippen LogP contribution is -2.36. The van der Waals surface area contributed by atoms with Gasteiger partial charge >= 0.3 is 13.3 Å². The minimum atomic E-state index is -4.53. The zero-order valence-electron chi connectivity index (χ0n) is 6.75. The van der Waals surface area contributed by atoms with Crippen molar-refractivity contribution in [3.8, 4) is 0 Å². The Balaban J connectivity index is 3.16. The third kappa shape index (κ3) is 2.40. The topological polar surface area (TPSA) is 29.5 Å². The maximum atomic E-state index is 12.3. The van der Waals surface area contributed by atoms with Gasteiger partial charge in [-0.3, -0.25) is 0 Å². The van der Waals surface area contributed by atoms with Crippen LogP contribution in [0.15, 0.2) is 24.3 Å². The maximum absolute atomic E-state index is 12.3. The van der Waals surface area contributed by atoms with E-state index in [4.69, 9.17) is 16.9 Å². The number of hydrogen-bond donors (Lipinski definition) is 1. The summed E-state index contributed by atoms with van der Waals surface area (Å²) in [7, 11) is -1.78. The van der Waals surface area contributed by atoms with Crippen molar-refractivity contribution in [2.45, 2.75) is 6.18 Å². The van der Waals surface area contributed by atoms with Gasteiger partial charge in [0.2, 0.25) is 0 Å². The van der Waals surface area contributed by atoms with Gasteiger partial charge in [-0.25, -0.2) is 0 Å². The van der Waals surface area contributed by atoms with Crippen LogP contribution in [-0.2, 0) is 10.4 Å². The van der Waals surface area contributed by atoms with Gasteiger partial charge in [-0.15, -0.1) is 0 Å². The second-order valence-electron chi connectivity index (χ2n) is 2.53. The van der Waals surface area contributed by atoms with Crippen LogP contribution in [0.2, 0.25) is 0 Å². The van der Waals surface area contributed by atoms with E-state index in [1.807, 2.05) is 0 Å². The molecule has 0 saturated carbocycles. The molecule has 7 heteroatoms. The van der Waals surface area contributed by atoms with Crippen LogP contribution in [0.4, 0.5) is 13.2 Å². The van der Waals surface area contributed by atoms with E-state index < -0.39 is 24.3 Å². The van der Waals surface area contributed by atoms with Crippen LogP contribution >= 0.6 is 11.9 Å². The number of benzene rings is 1. The highest BCUT2D eigenvalue weighted by Gasteiger charge is 2.36. The molecule has 0 spiro atoms. The van der Waals surface area contributed by atoms with Crippen LogP contribution in [0.3, 0.4) is 0 Å². The van der Waals surface area contributed by atoms with Crippen molar-refractivity contribution in [1.82, 2.24) is 0 Å². The minimum Gasteiger partial charge on any atom is -0.422 e. The highest BCUT2D eigenvalue weighted by Crippen LogP contribution is 2.27. The third-order valence-corrected chi connectivity index (χ3v) is 1.79. The number of alkyl halides is 3. The summed E-state index contributed by atoms with van der Waals surface area (Å²) >= 11 is 4.79. The molecule has 0 atom stereocenters. The first-order valence-corrected chi connectivity index (χ1v) is 3.89. The molecule has 0 bridgehead atoms. The van der Waals surface area contributed by atoms with Crippen molar-refractivity contribution in [2.75, 3.05) is 0 Å². The fourth-order valence-corrected chi connectivity index (χ4v) is 1.11. The summed E-state index contributed by atoms with van der Waals surface area (Å²) in [5.74, 6) is 0. The zero-order chi connectivity index (χ0) is 10.8. The normalized spacial score (nSPS) is 11.5. The van der Waals surface area contributed by atoms with E-state index in [1.165, 1.54) is 12.1 Å². The zero-order valence-corrected chi connectivity index (χ0v) is 7.51. The monoisotopic (exact) mass is 224 g/mol. The Labute approximate surface area is 83.6 Å². The third-order valence-electron chi connectivity index (χ3n) is 1.62. The summed E-state index contributed by atoms with van der Waals surface area (Å²) in [6, 6.07) is 4.50. The predicted molar refractivity (Wildman–Crippen MR) is 46.0 cm³/mol. The van der Waals surface area contributed by atoms with Crippen LogP contribution in [0, 0.1) is 0 Å². The lowest BCUT2D eigenvalue weighted by Gasteiger charge is -2.12. The van der Waals surface area contributed by atoms with E-state index >= 15 is 0 Å². The van der Waals surface area contributed by atoms with E-state index in [0.29, 0.717) is 0 Å². The first kappa shape index (κ1) is 11.4. The average molecular weight is 224 g/mol. The number of hydrogen-bond acceptors (Lipinski definition) is 2. The number of rotatable bonds is 2. The molecule has 0 radical (unpaired) electrons. The molecule has 1 aromatic carbocycles. The minimum absolute atomic E-state index is 0.407. The smallest absolute Gasteiger partial charge is 0.422 e. The standard InChI is InChI=1S/C7H5BClF3O2/c9-14-8(13)6-4-2-1-3-5(6)7(10,11)12/h1-4,13H. The predicted octanol–water partition coefficient (Wildman–Crippen LogP) is 1.56. The molecule has 0 heterocycles. The average Bonchev–Trinajstić information content (AvgIpc) is 2.15. The molecular formula is C7H5BClF3O2. The molecule has 0 fully saturated rings. The van der Waals surface area contributed by atoms with Gasteiger partial charge in [0.1, 0.15) is 0 Å². The first-order chi connectivity index (χ1) is 6.46. The van der Waals surface area contributed by atoms with Gasteiger partial charge < -0.3 is 9.23 Å². The molecular weight excluding hydrogens is 219 g/mol. The Morgan fingerprint density at radius 1 is 1.29 bits per heavy atom. The van der Waals surface area contributed by atoms with Gasteiger partial charge in [-0.05, 0) is 5.46 Å². The molecule has 0 unspecified atom stereocenters. The Bertz CT molecular complexity index is 318. The highest BCUT2D eigenvalue weighted by atomic mass is 35.5. The van der Waals surface area contributed by atoms with E-state index in [0.717, 1.165) is 12.1 Å². The molecule has 0 aromatic heterocycles. The SMILES string of the molecule is OB(OCl)c1ccccc1C(F)(F)F. The molecule has 0 aliphatic carbocycles. The van der Waals surface area contributed by atoms with Crippen LogP contribution in [0.5, 0.6) is 0 Å². The van der Waals surface area contributed by atoms with Gasteiger partial charge in [0.25, 0.3) is 0 Å². The molecule has 0 aliphatic heterocycles. The molecule has 1 rings (SSSR count). The second kappa shape index (κ2) is 4.21. The van der Waals surface area contributed by atoms with Gasteiger partial charge in [-0.1, -0.05) is 24.3 Å². The summed E-state index contributed by atoms with van der Waals surface area (Å²) in [5.41, 5.74) is -1.37. The van der Waals surface area contributed by atoms with Crippen LogP contribution in [0.25, 0.3) is 0 Å². The van der Waals surface area contributed by atoms with Gasteiger partial charge in [0.15, 0.2) is 0 Å². The molecule has 2 nitrogen and oxygen atoms in total. The van der Waals surface area contributed by atoms with Crippen molar-refractivity contribution >= 4 is 24.4 Å². The van der Waals surface area contributed by atoms with E-state index in [2.05, 4.69) is 4.21 Å². The van der Waals surface area contributed by atoms with Gasteiger partial charge in [-0.2, -0.15) is 13.2 Å². The summed E-state index contributed by atoms with van der Waals surface area (Å²) in [6.07, 6.45) is -4.53. The molecule has 0 amide bonds. The maximum Gasteiger partial charge on any atom is 0.508 e. The summed E-state index contributed by atoms with van der Waals surface area (Å²) in [4.78, 5) is 0. The van der Waals surface area contributed by atoms with E-state index in [9.17, 15) is 13.2 Å². The fraction of sp³-hybridized carbons (Fsp3) is 0.143. The summed E-state index contributed by atoms with van der Waals surface area (Å²) < 4.78 is 40.9. The highest BCUT2D eigenvalue weighted by molar-refractivity contribution is 6.64. The fourth-order valence-electron chi connectivity index (χ4n) is 1.02. The Morgan fingerprint density at radius 3 is 2.36 bits per heavy atom. The first-order valence-electron chi connectivity index (χ1n) is 3.58. The second-order valence-corrected chi connectivity index (χ2v) is 2.70. The number of halogens is 4. The lowest BCUT2D eigenvalue weighted by molar-refractivity contribution is -0.136. The van der Waals surface area contributed by atoms with Crippen LogP contribution in [-0.4, -0.2) is 12.1 Å². The van der Waals surface area contributed by atoms with Crippen molar-refractivity contribution in [3.05, 3.63) is 29.8 Å². The van der Waals surface area contributed by atoms with Crippen molar-refractivity contribution < 1.29 is 22.4 Å².